The van der Waals surface area contributed by atoms with Crippen molar-refractivity contribution in [1.82, 2.24) is 4.90 Å². The minimum Gasteiger partial charge on any atom is -0.508 e. The van der Waals surface area contributed by atoms with Gasteiger partial charge in [-0.3, -0.25) is 9.59 Å². The summed E-state index contributed by atoms with van der Waals surface area (Å²) < 4.78 is 0.895. The Balaban J connectivity index is 1.89. The molecule has 1 saturated heterocycles. The number of phenols is 1. The molecule has 0 aromatic heterocycles. The maximum absolute atomic E-state index is 13.1. The molecular formula is C24H24BrNO4. The van der Waals surface area contributed by atoms with Gasteiger partial charge in [-0.15, -0.1) is 0 Å². The van der Waals surface area contributed by atoms with Crippen LogP contribution in [0, 0.1) is 6.92 Å². The van der Waals surface area contributed by atoms with Crippen LogP contribution >= 0.6 is 15.9 Å². The smallest absolute Gasteiger partial charge is 0.295 e. The standard InChI is InChI=1S/C24H24BrNO4/c1-14-12-16(10-11-19(14)25)22(28)20-21(15-6-5-9-18(27)13-15)26(24(30)23(20)29)17-7-3-2-4-8-17/h5-6,9-13,17,21,27-28H,2-4,7-8H2,1H3/b22-20-. The first-order chi connectivity index (χ1) is 14.4. The highest BCUT2D eigenvalue weighted by Crippen LogP contribution is 2.43. The molecule has 1 atom stereocenters. The van der Waals surface area contributed by atoms with Gasteiger partial charge in [0, 0.05) is 16.1 Å². The number of ketones is 1. The quantitative estimate of drug-likeness (QED) is 0.367. The van der Waals surface area contributed by atoms with Crippen molar-refractivity contribution in [3.63, 3.8) is 0 Å². The Morgan fingerprint density at radius 1 is 1.07 bits per heavy atom. The highest BCUT2D eigenvalue weighted by atomic mass is 79.9. The van der Waals surface area contributed by atoms with Gasteiger partial charge in [0.25, 0.3) is 11.7 Å². The summed E-state index contributed by atoms with van der Waals surface area (Å²) in [7, 11) is 0. The van der Waals surface area contributed by atoms with Crippen LogP contribution < -0.4 is 0 Å². The third-order valence-corrected chi connectivity index (χ3v) is 6.96. The summed E-state index contributed by atoms with van der Waals surface area (Å²) in [6.45, 7) is 1.90. The Kier molecular flexibility index (Phi) is 5.69. The number of rotatable bonds is 3. The van der Waals surface area contributed by atoms with Gasteiger partial charge in [-0.1, -0.05) is 53.4 Å². The SMILES string of the molecule is Cc1cc(/C(O)=C2/C(=O)C(=O)N(C3CCCCC3)C2c2cccc(O)c2)ccc1Br. The second kappa shape index (κ2) is 8.26. The zero-order valence-corrected chi connectivity index (χ0v) is 18.4. The fourth-order valence-corrected chi connectivity index (χ4v) is 4.80. The molecule has 4 rings (SSSR count). The molecule has 1 heterocycles. The number of aromatic hydroxyl groups is 1. The minimum atomic E-state index is -0.718. The van der Waals surface area contributed by atoms with E-state index in [0.717, 1.165) is 42.1 Å². The lowest BCUT2D eigenvalue weighted by atomic mass is 9.91. The van der Waals surface area contributed by atoms with E-state index in [9.17, 15) is 19.8 Å². The number of Topliss-reactive ketones (excluding diaryl/α,β-unsaturated/α-hetero) is 1. The average Bonchev–Trinajstić information content (AvgIpc) is 3.01. The van der Waals surface area contributed by atoms with Crippen LogP contribution in [-0.4, -0.2) is 32.8 Å². The van der Waals surface area contributed by atoms with Crippen LogP contribution in [-0.2, 0) is 9.59 Å². The minimum absolute atomic E-state index is 0.0560. The summed E-state index contributed by atoms with van der Waals surface area (Å²) in [5.41, 5.74) is 2.10. The van der Waals surface area contributed by atoms with Gasteiger partial charge >= 0.3 is 0 Å². The summed E-state index contributed by atoms with van der Waals surface area (Å²) in [4.78, 5) is 27.8. The van der Waals surface area contributed by atoms with E-state index in [-0.39, 0.29) is 23.1 Å². The fourth-order valence-electron chi connectivity index (χ4n) is 4.56. The summed E-state index contributed by atoms with van der Waals surface area (Å²) in [6, 6.07) is 11.1. The summed E-state index contributed by atoms with van der Waals surface area (Å²) in [5, 5.41) is 21.2. The normalized spacial score (nSPS) is 21.9. The predicted octanol–water partition coefficient (Wildman–Crippen LogP) is 5.22. The molecule has 1 unspecified atom stereocenters. The van der Waals surface area contributed by atoms with Crippen LogP contribution in [0.2, 0.25) is 0 Å². The van der Waals surface area contributed by atoms with E-state index in [2.05, 4.69) is 15.9 Å². The van der Waals surface area contributed by atoms with E-state index in [0.29, 0.717) is 11.1 Å². The number of aliphatic hydroxyl groups is 1. The lowest BCUT2D eigenvalue weighted by molar-refractivity contribution is -0.141. The molecule has 2 aromatic rings. The van der Waals surface area contributed by atoms with Crippen molar-refractivity contribution in [2.75, 3.05) is 0 Å². The molecule has 0 radical (unpaired) electrons. The first kappa shape index (κ1) is 20.7. The summed E-state index contributed by atoms with van der Waals surface area (Å²) in [6.07, 6.45) is 4.80. The molecule has 30 heavy (non-hydrogen) atoms. The van der Waals surface area contributed by atoms with E-state index in [1.165, 1.54) is 0 Å². The topological polar surface area (TPSA) is 77.8 Å². The molecule has 1 aliphatic carbocycles. The van der Waals surface area contributed by atoms with Gasteiger partial charge in [0.15, 0.2) is 0 Å². The van der Waals surface area contributed by atoms with Gasteiger partial charge in [-0.2, -0.15) is 0 Å². The number of benzene rings is 2. The third-order valence-electron chi connectivity index (χ3n) is 6.07. The zero-order valence-electron chi connectivity index (χ0n) is 16.8. The van der Waals surface area contributed by atoms with Crippen LogP contribution in [0.4, 0.5) is 0 Å². The molecule has 6 heteroatoms. The number of likely N-dealkylation sites (tertiary alicyclic amines) is 1. The Labute approximate surface area is 184 Å². The average molecular weight is 470 g/mol. The summed E-state index contributed by atoms with van der Waals surface area (Å²) in [5.74, 6) is -1.38. The van der Waals surface area contributed by atoms with Gasteiger partial charge in [0.05, 0.1) is 11.6 Å². The number of halogens is 1. The molecule has 1 aliphatic heterocycles. The lowest BCUT2D eigenvalue weighted by Gasteiger charge is -2.35. The van der Waals surface area contributed by atoms with Gasteiger partial charge < -0.3 is 15.1 Å². The summed E-state index contributed by atoms with van der Waals surface area (Å²) >= 11 is 3.45. The fraction of sp³-hybridized carbons (Fsp3) is 0.333. The Morgan fingerprint density at radius 3 is 2.47 bits per heavy atom. The molecule has 2 aromatic carbocycles. The highest BCUT2D eigenvalue weighted by molar-refractivity contribution is 9.10. The first-order valence-electron chi connectivity index (χ1n) is 10.2. The van der Waals surface area contributed by atoms with E-state index in [1.807, 2.05) is 13.0 Å². The van der Waals surface area contributed by atoms with Crippen molar-refractivity contribution < 1.29 is 19.8 Å². The van der Waals surface area contributed by atoms with Crippen molar-refractivity contribution in [2.45, 2.75) is 51.1 Å². The molecule has 2 N–H and O–H groups in total. The van der Waals surface area contributed by atoms with Crippen molar-refractivity contribution in [3.8, 4) is 5.75 Å². The van der Waals surface area contributed by atoms with Crippen molar-refractivity contribution in [1.29, 1.82) is 0 Å². The Hall–Kier alpha value is -2.60. The molecule has 2 fully saturated rings. The molecule has 0 spiro atoms. The monoisotopic (exact) mass is 469 g/mol. The number of nitrogens with zero attached hydrogens (tertiary/aromatic N) is 1. The lowest BCUT2D eigenvalue weighted by Crippen LogP contribution is -2.40. The largest absolute Gasteiger partial charge is 0.508 e. The molecule has 5 nitrogen and oxygen atoms in total. The Morgan fingerprint density at radius 2 is 1.80 bits per heavy atom. The zero-order chi connectivity index (χ0) is 21.4. The number of carbonyl (C=O) groups excluding carboxylic acids is 2. The Bertz CT molecular complexity index is 1040. The highest BCUT2D eigenvalue weighted by Gasteiger charge is 2.48. The van der Waals surface area contributed by atoms with E-state index in [4.69, 9.17) is 0 Å². The van der Waals surface area contributed by atoms with Crippen LogP contribution in [0.25, 0.3) is 5.76 Å². The number of phenolic OH excluding ortho intramolecular Hbond substituents is 1. The maximum Gasteiger partial charge on any atom is 0.295 e. The third kappa shape index (κ3) is 3.65. The van der Waals surface area contributed by atoms with E-state index < -0.39 is 17.7 Å². The van der Waals surface area contributed by atoms with Crippen LogP contribution in [0.3, 0.4) is 0 Å². The van der Waals surface area contributed by atoms with Gasteiger partial charge in [0.2, 0.25) is 0 Å². The predicted molar refractivity (Wildman–Crippen MR) is 118 cm³/mol. The van der Waals surface area contributed by atoms with E-state index >= 15 is 0 Å². The number of carbonyl (C=O) groups is 2. The van der Waals surface area contributed by atoms with Gasteiger partial charge in [-0.25, -0.2) is 0 Å². The molecule has 1 amide bonds. The van der Waals surface area contributed by atoms with Crippen LogP contribution in [0.5, 0.6) is 5.75 Å². The van der Waals surface area contributed by atoms with Crippen molar-refractivity contribution >= 4 is 33.4 Å². The number of aryl methyl sites for hydroxylation is 1. The number of amides is 1. The maximum atomic E-state index is 13.1. The van der Waals surface area contributed by atoms with Crippen molar-refractivity contribution in [2.24, 2.45) is 0 Å². The van der Waals surface area contributed by atoms with Gasteiger partial charge in [-0.05, 0) is 55.2 Å². The van der Waals surface area contributed by atoms with E-state index in [1.54, 1.807) is 41.3 Å². The molecular weight excluding hydrogens is 446 g/mol. The molecule has 0 bridgehead atoms. The van der Waals surface area contributed by atoms with Crippen molar-refractivity contribution in [3.05, 3.63) is 69.2 Å². The second-order valence-corrected chi connectivity index (χ2v) is 8.91. The number of hydrogen-bond acceptors (Lipinski definition) is 4. The van der Waals surface area contributed by atoms with Crippen LogP contribution in [0.1, 0.15) is 54.8 Å². The molecule has 156 valence electrons. The number of hydrogen-bond donors (Lipinski definition) is 2. The van der Waals surface area contributed by atoms with Crippen LogP contribution in [0.15, 0.2) is 52.5 Å². The van der Waals surface area contributed by atoms with Gasteiger partial charge in [0.1, 0.15) is 11.5 Å². The second-order valence-electron chi connectivity index (χ2n) is 8.06. The molecule has 2 aliphatic rings. The number of aliphatic hydroxyl groups excluding tert-OH is 1. The molecule has 1 saturated carbocycles. The first-order valence-corrected chi connectivity index (χ1v) is 11.0.